The molecule has 0 radical (unpaired) electrons. The number of amides is 1. The van der Waals surface area contributed by atoms with E-state index in [0.717, 1.165) is 38.0 Å². The lowest BCUT2D eigenvalue weighted by atomic mass is 10.1. The van der Waals surface area contributed by atoms with Crippen molar-refractivity contribution in [2.24, 2.45) is 0 Å². The van der Waals surface area contributed by atoms with Gasteiger partial charge in [-0.1, -0.05) is 19.6 Å². The van der Waals surface area contributed by atoms with E-state index in [0.29, 0.717) is 28.9 Å². The third-order valence-corrected chi connectivity index (χ3v) is 9.32. The molecule has 1 N–H and O–H groups in total. The first-order valence-electron chi connectivity index (χ1n) is 15.8. The molecule has 4 heterocycles. The van der Waals surface area contributed by atoms with Crippen LogP contribution in [0.4, 0.5) is 19.4 Å². The largest absolute Gasteiger partial charge is 0.444 e. The van der Waals surface area contributed by atoms with E-state index in [1.165, 1.54) is 30.3 Å². The Morgan fingerprint density at radius 1 is 1.06 bits per heavy atom. The van der Waals surface area contributed by atoms with E-state index in [9.17, 15) is 4.79 Å². The molecule has 4 aromatic rings. The number of ether oxygens (including phenoxy) is 2. The normalized spacial score (nSPS) is 14.1. The number of carbonyl (C=O) groups excluding carboxylic acids is 1. The highest BCUT2D eigenvalue weighted by atomic mass is 28.3. The summed E-state index contributed by atoms with van der Waals surface area (Å²) in [6, 6.07) is 7.25. The highest BCUT2D eigenvalue weighted by Crippen LogP contribution is 2.31. The molecule has 0 spiro atoms. The standard InChI is InChI=1S/C33H44F2N8O3Si/c1-33(2,3)46-32(44)41(4)20-22-16-24(34)28(25(35)17-22)31-38-19-26-30(39-31)29(40-43(26)21-45-14-15-47(5,6)7)23-8-9-27(37-18-23)42-12-10-36-11-13-42/h8-9,16-19,36H,10-15,20-21H2,1-7H3. The Hall–Kier alpha value is -4.01. The zero-order valence-electron chi connectivity index (χ0n) is 28.2. The molecule has 1 saturated heterocycles. The highest BCUT2D eigenvalue weighted by molar-refractivity contribution is 6.76. The summed E-state index contributed by atoms with van der Waals surface area (Å²) < 4.78 is 44.1. The van der Waals surface area contributed by atoms with Gasteiger partial charge in [0.1, 0.15) is 46.5 Å². The minimum Gasteiger partial charge on any atom is -0.444 e. The van der Waals surface area contributed by atoms with E-state index in [2.05, 4.69) is 39.8 Å². The van der Waals surface area contributed by atoms with Crippen LogP contribution < -0.4 is 10.2 Å². The molecule has 0 bridgehead atoms. The molecule has 47 heavy (non-hydrogen) atoms. The van der Waals surface area contributed by atoms with Crippen LogP contribution >= 0.6 is 0 Å². The van der Waals surface area contributed by atoms with E-state index in [1.54, 1.807) is 31.6 Å². The number of halogens is 2. The molecular weight excluding hydrogens is 622 g/mol. The van der Waals surface area contributed by atoms with Crippen molar-refractivity contribution in [1.29, 1.82) is 0 Å². The van der Waals surface area contributed by atoms with Crippen molar-refractivity contribution in [2.75, 3.05) is 44.7 Å². The molecule has 0 saturated carbocycles. The fraction of sp³-hybridized carbons (Fsp3) is 0.485. The van der Waals surface area contributed by atoms with Gasteiger partial charge in [-0.15, -0.1) is 0 Å². The fourth-order valence-corrected chi connectivity index (χ4v) is 5.88. The number of hydrogen-bond donors (Lipinski definition) is 1. The topological polar surface area (TPSA) is 111 Å². The summed E-state index contributed by atoms with van der Waals surface area (Å²) >= 11 is 0. The average Bonchev–Trinajstić information content (AvgIpc) is 3.36. The van der Waals surface area contributed by atoms with Gasteiger partial charge in [0.2, 0.25) is 0 Å². The number of pyridine rings is 1. The molecule has 0 atom stereocenters. The number of piperazine rings is 1. The van der Waals surface area contributed by atoms with Crippen molar-refractivity contribution in [3.8, 4) is 22.6 Å². The summed E-state index contributed by atoms with van der Waals surface area (Å²) in [5.41, 5.74) is 1.41. The van der Waals surface area contributed by atoms with Crippen LogP contribution in [0.5, 0.6) is 0 Å². The Morgan fingerprint density at radius 3 is 2.38 bits per heavy atom. The predicted molar refractivity (Wildman–Crippen MR) is 181 cm³/mol. The number of rotatable bonds is 10. The van der Waals surface area contributed by atoms with Crippen molar-refractivity contribution in [1.82, 2.24) is 34.9 Å². The molecule has 1 aliphatic rings. The molecule has 0 unspecified atom stereocenters. The molecule has 1 aliphatic heterocycles. The van der Waals surface area contributed by atoms with E-state index >= 15 is 8.78 Å². The summed E-state index contributed by atoms with van der Waals surface area (Å²) in [6.45, 7) is 16.3. The second kappa shape index (κ2) is 14.0. The first-order chi connectivity index (χ1) is 22.2. The van der Waals surface area contributed by atoms with E-state index < -0.39 is 31.4 Å². The lowest BCUT2D eigenvalue weighted by Crippen LogP contribution is -2.43. The van der Waals surface area contributed by atoms with Crippen LogP contribution in [0.3, 0.4) is 0 Å². The first kappa shape index (κ1) is 34.3. The number of benzene rings is 1. The van der Waals surface area contributed by atoms with Crippen LogP contribution in [0, 0.1) is 11.6 Å². The van der Waals surface area contributed by atoms with Crippen LogP contribution in [0.15, 0.2) is 36.7 Å². The minimum atomic E-state index is -1.29. The molecule has 1 fully saturated rings. The van der Waals surface area contributed by atoms with Gasteiger partial charge in [-0.2, -0.15) is 5.10 Å². The third-order valence-electron chi connectivity index (χ3n) is 7.62. The predicted octanol–water partition coefficient (Wildman–Crippen LogP) is 5.92. The minimum absolute atomic E-state index is 0.0471. The van der Waals surface area contributed by atoms with Gasteiger partial charge in [-0.3, -0.25) is 0 Å². The number of nitrogens with zero attached hydrogens (tertiary/aromatic N) is 7. The van der Waals surface area contributed by atoms with E-state index in [-0.39, 0.29) is 30.2 Å². The van der Waals surface area contributed by atoms with Crippen LogP contribution in [0.25, 0.3) is 33.7 Å². The summed E-state index contributed by atoms with van der Waals surface area (Å²) in [5, 5.41) is 8.15. The number of aromatic nitrogens is 5. The van der Waals surface area contributed by atoms with Gasteiger partial charge in [-0.05, 0) is 56.6 Å². The molecule has 3 aromatic heterocycles. The monoisotopic (exact) mass is 666 g/mol. The lowest BCUT2D eigenvalue weighted by Gasteiger charge is -2.28. The number of fused-ring (bicyclic) bond motifs is 1. The third kappa shape index (κ3) is 8.67. The van der Waals surface area contributed by atoms with Crippen molar-refractivity contribution < 1.29 is 23.0 Å². The average molecular weight is 667 g/mol. The van der Waals surface area contributed by atoms with Gasteiger partial charge >= 0.3 is 6.09 Å². The summed E-state index contributed by atoms with van der Waals surface area (Å²) in [7, 11) is 0.215. The molecule has 1 aromatic carbocycles. The van der Waals surface area contributed by atoms with Crippen LogP contribution in [-0.2, 0) is 22.7 Å². The zero-order valence-corrected chi connectivity index (χ0v) is 29.2. The maximum absolute atomic E-state index is 15.6. The highest BCUT2D eigenvalue weighted by Gasteiger charge is 2.24. The summed E-state index contributed by atoms with van der Waals surface area (Å²) in [4.78, 5) is 29.6. The second-order valence-corrected chi connectivity index (χ2v) is 19.7. The number of hydrogen-bond acceptors (Lipinski definition) is 9. The van der Waals surface area contributed by atoms with Gasteiger partial charge in [0.05, 0.1) is 11.8 Å². The van der Waals surface area contributed by atoms with E-state index in [4.69, 9.17) is 19.6 Å². The first-order valence-corrected chi connectivity index (χ1v) is 19.5. The maximum atomic E-state index is 15.6. The smallest absolute Gasteiger partial charge is 0.410 e. The Balaban J connectivity index is 1.47. The van der Waals surface area contributed by atoms with Gasteiger partial charge in [0.15, 0.2) is 5.82 Å². The zero-order chi connectivity index (χ0) is 33.9. The Kier molecular flexibility index (Phi) is 10.2. The second-order valence-electron chi connectivity index (χ2n) is 14.0. The Bertz CT molecular complexity index is 1690. The van der Waals surface area contributed by atoms with Crippen molar-refractivity contribution in [2.45, 2.75) is 65.3 Å². The van der Waals surface area contributed by atoms with Crippen LogP contribution in [-0.4, -0.2) is 89.2 Å². The van der Waals surface area contributed by atoms with Gasteiger partial charge < -0.3 is 24.6 Å². The number of anilines is 1. The molecule has 252 valence electrons. The Labute approximate surface area is 275 Å². The SMILES string of the molecule is CN(Cc1cc(F)c(-c2ncc3c(n2)c(-c2ccc(N4CCNCC4)nc2)nn3COCC[Si](C)(C)C)c(F)c1)C(=O)OC(C)(C)C. The molecule has 11 nitrogen and oxygen atoms in total. The van der Waals surface area contributed by atoms with E-state index in [1.807, 2.05) is 12.1 Å². The van der Waals surface area contributed by atoms with Gasteiger partial charge in [0.25, 0.3) is 0 Å². The number of nitrogens with one attached hydrogen (secondary N) is 1. The maximum Gasteiger partial charge on any atom is 0.410 e. The molecule has 5 rings (SSSR count). The van der Waals surface area contributed by atoms with Crippen LogP contribution in [0.1, 0.15) is 26.3 Å². The van der Waals surface area contributed by atoms with Gasteiger partial charge in [-0.25, -0.2) is 33.2 Å². The van der Waals surface area contributed by atoms with Crippen molar-refractivity contribution in [3.05, 3.63) is 53.9 Å². The van der Waals surface area contributed by atoms with Gasteiger partial charge in [0, 0.05) is 66.2 Å². The Morgan fingerprint density at radius 2 is 1.77 bits per heavy atom. The summed E-state index contributed by atoms with van der Waals surface area (Å²) in [5.74, 6) is -0.943. The molecule has 14 heteroatoms. The molecule has 1 amide bonds. The fourth-order valence-electron chi connectivity index (χ4n) is 5.12. The van der Waals surface area contributed by atoms with Crippen LogP contribution in [0.2, 0.25) is 25.7 Å². The van der Waals surface area contributed by atoms with Crippen molar-refractivity contribution >= 4 is 31.0 Å². The molecule has 0 aliphatic carbocycles. The quantitative estimate of drug-likeness (QED) is 0.163. The van der Waals surface area contributed by atoms with Crippen molar-refractivity contribution in [3.63, 3.8) is 0 Å². The lowest BCUT2D eigenvalue weighted by molar-refractivity contribution is 0.0284. The number of carbonyl (C=O) groups is 1. The summed E-state index contributed by atoms with van der Waals surface area (Å²) in [6.07, 6.45) is 2.66. The molecular formula is C33H44F2N8O3Si.